The number of rotatable bonds is 7. The van der Waals surface area contributed by atoms with Crippen LogP contribution in [0.5, 0.6) is 0 Å². The van der Waals surface area contributed by atoms with Crippen LogP contribution in [0.25, 0.3) is 0 Å². The predicted octanol–water partition coefficient (Wildman–Crippen LogP) is 3.57. The Balaban J connectivity index is 1.56. The first kappa shape index (κ1) is 24.0. The number of ether oxygens (including phenoxy) is 1. The summed E-state index contributed by atoms with van der Waals surface area (Å²) in [7, 11) is -3.70. The molecule has 1 amide bonds. The Bertz CT molecular complexity index is 1080. The molecule has 33 heavy (non-hydrogen) atoms. The molecule has 2 aliphatic rings. The number of anilines is 2. The Hall–Kier alpha value is -2.14. The van der Waals surface area contributed by atoms with Gasteiger partial charge in [0, 0.05) is 31.1 Å². The van der Waals surface area contributed by atoms with E-state index in [9.17, 15) is 17.6 Å². The van der Waals surface area contributed by atoms with Gasteiger partial charge in [0.1, 0.15) is 5.82 Å². The van der Waals surface area contributed by atoms with Crippen molar-refractivity contribution in [3.05, 3.63) is 48.3 Å². The number of hydrogen-bond donors (Lipinski definition) is 1. The highest BCUT2D eigenvalue weighted by Gasteiger charge is 2.28. The van der Waals surface area contributed by atoms with Crippen LogP contribution < -0.4 is 10.2 Å². The van der Waals surface area contributed by atoms with Crippen molar-refractivity contribution in [2.45, 2.75) is 29.1 Å². The van der Waals surface area contributed by atoms with Gasteiger partial charge in [-0.1, -0.05) is 12.1 Å². The third-order valence-electron chi connectivity index (χ3n) is 5.74. The number of sulfonamides is 1. The van der Waals surface area contributed by atoms with Gasteiger partial charge in [0.25, 0.3) is 0 Å². The number of carbonyl (C=O) groups is 1. The largest absolute Gasteiger partial charge is 0.379 e. The van der Waals surface area contributed by atoms with Crippen molar-refractivity contribution in [1.29, 1.82) is 0 Å². The van der Waals surface area contributed by atoms with Crippen LogP contribution in [-0.2, 0) is 19.6 Å². The van der Waals surface area contributed by atoms with Gasteiger partial charge in [0.2, 0.25) is 15.9 Å². The Kier molecular flexibility index (Phi) is 7.90. The number of halogens is 1. The zero-order valence-corrected chi connectivity index (χ0v) is 20.0. The van der Waals surface area contributed by atoms with Crippen molar-refractivity contribution >= 4 is 39.1 Å². The standard InChI is InChI=1S/C23H28FN3O4S2/c24-19-6-2-3-7-22(19)32-17-23(28)25-20-16-18(33(29,30)27-12-14-31-15-13-27)8-9-21(20)26-10-4-1-5-11-26/h2-3,6-9,16H,1,4-5,10-15,17H2,(H,25,28). The maximum atomic E-state index is 13.9. The molecule has 0 aromatic heterocycles. The highest BCUT2D eigenvalue weighted by molar-refractivity contribution is 8.00. The first-order valence-corrected chi connectivity index (χ1v) is 13.5. The fourth-order valence-corrected chi connectivity index (χ4v) is 6.19. The number of piperidine rings is 1. The molecule has 2 aromatic carbocycles. The van der Waals surface area contributed by atoms with Gasteiger partial charge in [-0.15, -0.1) is 11.8 Å². The van der Waals surface area contributed by atoms with E-state index in [4.69, 9.17) is 4.74 Å². The molecule has 2 aliphatic heterocycles. The van der Waals surface area contributed by atoms with E-state index >= 15 is 0 Å². The molecule has 7 nitrogen and oxygen atoms in total. The SMILES string of the molecule is O=C(CSc1ccccc1F)Nc1cc(S(=O)(=O)N2CCOCC2)ccc1N1CCCCC1. The van der Waals surface area contributed by atoms with Crippen LogP contribution in [0.15, 0.2) is 52.3 Å². The monoisotopic (exact) mass is 493 g/mol. The molecule has 10 heteroatoms. The molecule has 1 N–H and O–H groups in total. The van der Waals surface area contributed by atoms with E-state index in [0.29, 0.717) is 36.9 Å². The Morgan fingerprint density at radius 3 is 2.48 bits per heavy atom. The first-order chi connectivity index (χ1) is 15.9. The van der Waals surface area contributed by atoms with Gasteiger partial charge in [-0.2, -0.15) is 4.31 Å². The lowest BCUT2D eigenvalue weighted by atomic mass is 10.1. The van der Waals surface area contributed by atoms with E-state index in [2.05, 4.69) is 10.2 Å². The number of hydrogen-bond acceptors (Lipinski definition) is 6. The van der Waals surface area contributed by atoms with Crippen LogP contribution in [0, 0.1) is 5.82 Å². The highest BCUT2D eigenvalue weighted by Crippen LogP contribution is 2.32. The van der Waals surface area contributed by atoms with Crippen LogP contribution in [0.2, 0.25) is 0 Å². The van der Waals surface area contributed by atoms with Crippen molar-refractivity contribution in [2.75, 3.05) is 55.4 Å². The number of nitrogens with zero attached hydrogens (tertiary/aromatic N) is 2. The minimum absolute atomic E-state index is 0.0147. The molecule has 0 atom stereocenters. The Morgan fingerprint density at radius 2 is 1.76 bits per heavy atom. The van der Waals surface area contributed by atoms with E-state index < -0.39 is 10.0 Å². The molecule has 2 fully saturated rings. The van der Waals surface area contributed by atoms with Crippen LogP contribution in [0.3, 0.4) is 0 Å². The summed E-state index contributed by atoms with van der Waals surface area (Å²) in [6.07, 6.45) is 3.25. The molecule has 0 spiro atoms. The number of amides is 1. The molecule has 2 heterocycles. The van der Waals surface area contributed by atoms with Crippen molar-refractivity contribution < 1.29 is 22.3 Å². The van der Waals surface area contributed by atoms with Gasteiger partial charge in [-0.05, 0) is 49.6 Å². The highest BCUT2D eigenvalue weighted by atomic mass is 32.2. The molecule has 2 saturated heterocycles. The summed E-state index contributed by atoms with van der Waals surface area (Å²) in [6, 6.07) is 11.2. The Labute approximate surface area is 198 Å². The summed E-state index contributed by atoms with van der Waals surface area (Å²) in [4.78, 5) is 15.5. The van der Waals surface area contributed by atoms with Crippen LogP contribution in [0.4, 0.5) is 15.8 Å². The summed E-state index contributed by atoms with van der Waals surface area (Å²) in [5, 5.41) is 2.88. The molecule has 0 unspecified atom stereocenters. The summed E-state index contributed by atoms with van der Waals surface area (Å²) in [6.45, 7) is 3.03. The van der Waals surface area contributed by atoms with Gasteiger partial charge in [-0.25, -0.2) is 12.8 Å². The quantitative estimate of drug-likeness (QED) is 0.594. The minimum Gasteiger partial charge on any atom is -0.379 e. The fourth-order valence-electron chi connectivity index (χ4n) is 4.01. The molecule has 178 valence electrons. The maximum Gasteiger partial charge on any atom is 0.243 e. The fraction of sp³-hybridized carbons (Fsp3) is 0.435. The molecule has 0 aliphatic carbocycles. The lowest BCUT2D eigenvalue weighted by Gasteiger charge is -2.31. The van der Waals surface area contributed by atoms with Crippen molar-refractivity contribution in [3.8, 4) is 0 Å². The zero-order valence-electron chi connectivity index (χ0n) is 18.3. The van der Waals surface area contributed by atoms with E-state index in [0.717, 1.165) is 49.8 Å². The van der Waals surface area contributed by atoms with Crippen molar-refractivity contribution in [1.82, 2.24) is 4.31 Å². The lowest BCUT2D eigenvalue weighted by Crippen LogP contribution is -2.40. The number of morpholine rings is 1. The molecule has 4 rings (SSSR count). The first-order valence-electron chi connectivity index (χ1n) is 11.1. The molecule has 0 saturated carbocycles. The predicted molar refractivity (Wildman–Crippen MR) is 128 cm³/mol. The molecule has 0 bridgehead atoms. The van der Waals surface area contributed by atoms with Gasteiger partial charge in [-0.3, -0.25) is 4.79 Å². The van der Waals surface area contributed by atoms with E-state index in [1.165, 1.54) is 10.4 Å². The van der Waals surface area contributed by atoms with Gasteiger partial charge in [0.05, 0.1) is 35.2 Å². The molecule has 0 radical (unpaired) electrons. The van der Waals surface area contributed by atoms with E-state index in [1.54, 1.807) is 36.4 Å². The average Bonchev–Trinajstić information content (AvgIpc) is 2.84. The lowest BCUT2D eigenvalue weighted by molar-refractivity contribution is -0.113. The van der Waals surface area contributed by atoms with Gasteiger partial charge < -0.3 is 15.0 Å². The minimum atomic E-state index is -3.70. The van der Waals surface area contributed by atoms with Crippen molar-refractivity contribution in [3.63, 3.8) is 0 Å². The third-order valence-corrected chi connectivity index (χ3v) is 8.69. The van der Waals surface area contributed by atoms with E-state index in [-0.39, 0.29) is 22.4 Å². The van der Waals surface area contributed by atoms with Gasteiger partial charge >= 0.3 is 0 Å². The number of thioether (sulfide) groups is 1. The second-order valence-corrected chi connectivity index (χ2v) is 11.0. The maximum absolute atomic E-state index is 13.9. The number of carbonyl (C=O) groups excluding carboxylic acids is 1. The van der Waals surface area contributed by atoms with E-state index in [1.807, 2.05) is 0 Å². The summed E-state index contributed by atoms with van der Waals surface area (Å²) in [5.74, 6) is -0.675. The topological polar surface area (TPSA) is 79.0 Å². The second kappa shape index (κ2) is 10.9. The second-order valence-electron chi connectivity index (χ2n) is 8.01. The van der Waals surface area contributed by atoms with Gasteiger partial charge in [0.15, 0.2) is 0 Å². The van der Waals surface area contributed by atoms with Crippen molar-refractivity contribution in [2.24, 2.45) is 0 Å². The summed E-state index contributed by atoms with van der Waals surface area (Å²) >= 11 is 1.11. The molecular weight excluding hydrogens is 465 g/mol. The third kappa shape index (κ3) is 5.87. The number of benzene rings is 2. The molecular formula is C23H28FN3O4S2. The molecule has 2 aromatic rings. The number of nitrogens with one attached hydrogen (secondary N) is 1. The average molecular weight is 494 g/mol. The smallest absolute Gasteiger partial charge is 0.243 e. The van der Waals surface area contributed by atoms with Crippen LogP contribution >= 0.6 is 11.8 Å². The Morgan fingerprint density at radius 1 is 1.03 bits per heavy atom. The van der Waals surface area contributed by atoms with Crippen LogP contribution in [0.1, 0.15) is 19.3 Å². The summed E-state index contributed by atoms with van der Waals surface area (Å²) < 4.78 is 46.9. The summed E-state index contributed by atoms with van der Waals surface area (Å²) in [5.41, 5.74) is 1.27. The van der Waals surface area contributed by atoms with Crippen LogP contribution in [-0.4, -0.2) is 63.8 Å². The normalized spacial score (nSPS) is 17.7. The zero-order chi connectivity index (χ0) is 23.3.